The van der Waals surface area contributed by atoms with Crippen LogP contribution in [0.1, 0.15) is 32.8 Å². The first kappa shape index (κ1) is 16.5. The van der Waals surface area contributed by atoms with Gasteiger partial charge in [-0.3, -0.25) is 4.79 Å². The van der Waals surface area contributed by atoms with Gasteiger partial charge in [0.15, 0.2) is 0 Å². The molecule has 1 aromatic carbocycles. The van der Waals surface area contributed by atoms with Crippen LogP contribution in [-0.2, 0) is 4.79 Å². The van der Waals surface area contributed by atoms with Gasteiger partial charge in [-0.05, 0) is 39.3 Å². The highest BCUT2D eigenvalue weighted by atomic mass is 16.5. The van der Waals surface area contributed by atoms with E-state index in [4.69, 9.17) is 4.74 Å². The fraction of sp³-hybridized carbons (Fsp3) is 0.562. The zero-order valence-corrected chi connectivity index (χ0v) is 12.9. The Balaban J connectivity index is 2.24. The van der Waals surface area contributed by atoms with Crippen LogP contribution in [0.4, 0.5) is 0 Å². The van der Waals surface area contributed by atoms with Crippen LogP contribution in [-0.4, -0.2) is 31.1 Å². The molecule has 4 heteroatoms. The van der Waals surface area contributed by atoms with E-state index >= 15 is 0 Å². The molecule has 0 saturated carbocycles. The summed E-state index contributed by atoms with van der Waals surface area (Å²) in [5, 5.41) is 6.08. The minimum Gasteiger partial charge on any atom is -0.491 e. The fourth-order valence-corrected chi connectivity index (χ4v) is 1.63. The minimum atomic E-state index is -0.0115. The maximum absolute atomic E-state index is 11.7. The molecule has 4 nitrogen and oxygen atoms in total. The topological polar surface area (TPSA) is 50.4 Å². The van der Waals surface area contributed by atoms with Crippen molar-refractivity contribution in [3.8, 4) is 5.75 Å². The van der Waals surface area contributed by atoms with Crippen LogP contribution in [0.2, 0.25) is 0 Å². The molecule has 0 aliphatic carbocycles. The Morgan fingerprint density at radius 3 is 2.45 bits per heavy atom. The van der Waals surface area contributed by atoms with Gasteiger partial charge < -0.3 is 15.4 Å². The van der Waals surface area contributed by atoms with Crippen LogP contribution >= 0.6 is 0 Å². The Labute approximate surface area is 121 Å². The predicted molar refractivity (Wildman–Crippen MR) is 82.0 cm³/mol. The van der Waals surface area contributed by atoms with Crippen LogP contribution in [0, 0.1) is 6.92 Å². The van der Waals surface area contributed by atoms with Crippen LogP contribution in [0.15, 0.2) is 24.3 Å². The van der Waals surface area contributed by atoms with E-state index in [1.807, 2.05) is 38.1 Å². The highest BCUT2D eigenvalue weighted by Gasteiger charge is 2.09. The highest BCUT2D eigenvalue weighted by Crippen LogP contribution is 2.11. The number of hydrogen-bond donors (Lipinski definition) is 2. The molecule has 2 atom stereocenters. The quantitative estimate of drug-likeness (QED) is 0.767. The SMILES string of the molecule is CCC(C)NCC(=O)NC(C)COc1ccc(C)cc1. The molecule has 0 aliphatic rings. The normalized spacial score (nSPS) is 13.6. The molecule has 0 heterocycles. The van der Waals surface area contributed by atoms with E-state index < -0.39 is 0 Å². The van der Waals surface area contributed by atoms with Gasteiger partial charge in [0.05, 0.1) is 12.6 Å². The highest BCUT2D eigenvalue weighted by molar-refractivity contribution is 5.78. The summed E-state index contributed by atoms with van der Waals surface area (Å²) < 4.78 is 5.64. The van der Waals surface area contributed by atoms with Crippen molar-refractivity contribution in [1.82, 2.24) is 10.6 Å². The molecule has 0 saturated heterocycles. The van der Waals surface area contributed by atoms with Gasteiger partial charge in [-0.25, -0.2) is 0 Å². The number of benzene rings is 1. The summed E-state index contributed by atoms with van der Waals surface area (Å²) in [6.07, 6.45) is 1.01. The molecule has 1 amide bonds. The van der Waals surface area contributed by atoms with E-state index in [1.165, 1.54) is 5.56 Å². The van der Waals surface area contributed by atoms with Gasteiger partial charge in [-0.15, -0.1) is 0 Å². The van der Waals surface area contributed by atoms with E-state index in [0.717, 1.165) is 12.2 Å². The second-order valence-electron chi connectivity index (χ2n) is 5.28. The van der Waals surface area contributed by atoms with E-state index in [2.05, 4.69) is 24.5 Å². The summed E-state index contributed by atoms with van der Waals surface area (Å²) in [4.78, 5) is 11.7. The Morgan fingerprint density at radius 2 is 1.85 bits per heavy atom. The number of amides is 1. The van der Waals surface area contributed by atoms with Gasteiger partial charge in [-0.1, -0.05) is 24.6 Å². The van der Waals surface area contributed by atoms with Crippen molar-refractivity contribution in [2.75, 3.05) is 13.2 Å². The lowest BCUT2D eigenvalue weighted by molar-refractivity contribution is -0.121. The molecule has 0 fully saturated rings. The molecule has 1 rings (SSSR count). The second kappa shape index (κ2) is 8.59. The zero-order valence-electron chi connectivity index (χ0n) is 12.9. The number of carbonyl (C=O) groups is 1. The van der Waals surface area contributed by atoms with Gasteiger partial charge in [0.1, 0.15) is 12.4 Å². The summed E-state index contributed by atoms with van der Waals surface area (Å²) in [5.41, 5.74) is 1.20. The first-order valence-corrected chi connectivity index (χ1v) is 7.23. The standard InChI is InChI=1S/C16H26N2O2/c1-5-13(3)17-10-16(19)18-14(4)11-20-15-8-6-12(2)7-9-15/h6-9,13-14,17H,5,10-11H2,1-4H3,(H,18,19). The van der Waals surface area contributed by atoms with Gasteiger partial charge in [-0.2, -0.15) is 0 Å². The van der Waals surface area contributed by atoms with Crippen LogP contribution in [0.5, 0.6) is 5.75 Å². The molecule has 0 aromatic heterocycles. The Hall–Kier alpha value is -1.55. The molecule has 0 aliphatic heterocycles. The first-order chi connectivity index (χ1) is 9.51. The maximum atomic E-state index is 11.7. The lowest BCUT2D eigenvalue weighted by atomic mass is 10.2. The largest absolute Gasteiger partial charge is 0.491 e. The lowest BCUT2D eigenvalue weighted by Gasteiger charge is -2.16. The third kappa shape index (κ3) is 6.57. The molecule has 0 bridgehead atoms. The summed E-state index contributed by atoms with van der Waals surface area (Å²) in [6, 6.07) is 8.24. The monoisotopic (exact) mass is 278 g/mol. The van der Waals surface area contributed by atoms with Gasteiger partial charge in [0.2, 0.25) is 5.91 Å². The van der Waals surface area contributed by atoms with Gasteiger partial charge >= 0.3 is 0 Å². The summed E-state index contributed by atoms with van der Waals surface area (Å²) in [7, 11) is 0. The van der Waals surface area contributed by atoms with E-state index in [-0.39, 0.29) is 11.9 Å². The predicted octanol–water partition coefficient (Wildman–Crippen LogP) is 2.27. The smallest absolute Gasteiger partial charge is 0.234 e. The molecule has 2 N–H and O–H groups in total. The van der Waals surface area contributed by atoms with Crippen LogP contribution in [0.25, 0.3) is 0 Å². The number of nitrogens with one attached hydrogen (secondary N) is 2. The van der Waals surface area contributed by atoms with Gasteiger partial charge in [0, 0.05) is 6.04 Å². The van der Waals surface area contributed by atoms with Crippen molar-refractivity contribution in [2.24, 2.45) is 0 Å². The van der Waals surface area contributed by atoms with Gasteiger partial charge in [0.25, 0.3) is 0 Å². The number of ether oxygens (including phenoxy) is 1. The first-order valence-electron chi connectivity index (χ1n) is 7.23. The molecular formula is C16H26N2O2. The summed E-state index contributed by atoms with van der Waals surface area (Å²) >= 11 is 0. The number of aryl methyl sites for hydroxylation is 1. The van der Waals surface area contributed by atoms with Crippen molar-refractivity contribution in [2.45, 2.75) is 46.2 Å². The third-order valence-electron chi connectivity index (χ3n) is 3.15. The summed E-state index contributed by atoms with van der Waals surface area (Å²) in [5.74, 6) is 0.833. The molecular weight excluding hydrogens is 252 g/mol. The lowest BCUT2D eigenvalue weighted by Crippen LogP contribution is -2.43. The maximum Gasteiger partial charge on any atom is 0.234 e. The average molecular weight is 278 g/mol. The number of hydrogen-bond acceptors (Lipinski definition) is 3. The van der Waals surface area contributed by atoms with E-state index in [9.17, 15) is 4.79 Å². The third-order valence-corrected chi connectivity index (χ3v) is 3.15. The van der Waals surface area contributed by atoms with E-state index in [1.54, 1.807) is 0 Å². The number of rotatable bonds is 8. The molecule has 0 spiro atoms. The van der Waals surface area contributed by atoms with Crippen molar-refractivity contribution < 1.29 is 9.53 Å². The van der Waals surface area contributed by atoms with E-state index in [0.29, 0.717) is 19.2 Å². The van der Waals surface area contributed by atoms with Crippen LogP contribution in [0.3, 0.4) is 0 Å². The Morgan fingerprint density at radius 1 is 1.20 bits per heavy atom. The fourth-order valence-electron chi connectivity index (χ4n) is 1.63. The molecule has 112 valence electrons. The zero-order chi connectivity index (χ0) is 15.0. The number of carbonyl (C=O) groups excluding carboxylic acids is 1. The van der Waals surface area contributed by atoms with Crippen molar-refractivity contribution in [3.63, 3.8) is 0 Å². The Bertz CT molecular complexity index is 403. The van der Waals surface area contributed by atoms with Crippen molar-refractivity contribution in [1.29, 1.82) is 0 Å². The van der Waals surface area contributed by atoms with Crippen LogP contribution < -0.4 is 15.4 Å². The Kier molecular flexibility index (Phi) is 7.09. The van der Waals surface area contributed by atoms with Crippen molar-refractivity contribution in [3.05, 3.63) is 29.8 Å². The summed E-state index contributed by atoms with van der Waals surface area (Å²) in [6.45, 7) is 8.96. The molecule has 0 radical (unpaired) electrons. The molecule has 1 aromatic rings. The molecule has 2 unspecified atom stereocenters. The minimum absolute atomic E-state index is 0.00491. The second-order valence-corrected chi connectivity index (χ2v) is 5.28. The van der Waals surface area contributed by atoms with Crippen molar-refractivity contribution >= 4 is 5.91 Å². The molecule has 20 heavy (non-hydrogen) atoms. The average Bonchev–Trinajstić information content (AvgIpc) is 2.44.